The summed E-state index contributed by atoms with van der Waals surface area (Å²) in [7, 11) is -2.77. The van der Waals surface area contributed by atoms with Crippen molar-refractivity contribution in [1.29, 1.82) is 0 Å². The van der Waals surface area contributed by atoms with E-state index >= 15 is 0 Å². The van der Waals surface area contributed by atoms with Crippen molar-refractivity contribution in [2.45, 2.75) is 44.9 Å². The SMILES string of the molecule is CC(C)C(Cl)CCCCCS(C)(=O)=O. The number of alkyl halides is 1. The summed E-state index contributed by atoms with van der Waals surface area (Å²) >= 11 is 6.07. The number of hydrogen-bond donors (Lipinski definition) is 0. The van der Waals surface area contributed by atoms with Crippen LogP contribution in [0.2, 0.25) is 0 Å². The molecule has 0 fully saturated rings. The second-order valence-electron chi connectivity index (χ2n) is 4.24. The van der Waals surface area contributed by atoms with Crippen molar-refractivity contribution in [2.75, 3.05) is 12.0 Å². The van der Waals surface area contributed by atoms with Crippen LogP contribution in [0.15, 0.2) is 0 Å². The standard InChI is InChI=1S/C10H21ClO2S/c1-9(2)10(11)7-5-4-6-8-14(3,12)13/h9-10H,4-8H2,1-3H3. The molecule has 0 bridgehead atoms. The maximum atomic E-state index is 10.8. The molecular formula is C10H21ClO2S. The van der Waals surface area contributed by atoms with Gasteiger partial charge in [-0.1, -0.05) is 26.7 Å². The first-order chi connectivity index (χ1) is 6.33. The van der Waals surface area contributed by atoms with Gasteiger partial charge in [-0.3, -0.25) is 0 Å². The first-order valence-corrected chi connectivity index (χ1v) is 7.64. The van der Waals surface area contributed by atoms with Gasteiger partial charge in [-0.15, -0.1) is 11.6 Å². The first kappa shape index (κ1) is 14.2. The topological polar surface area (TPSA) is 34.1 Å². The lowest BCUT2D eigenvalue weighted by Crippen LogP contribution is -2.08. The molecule has 0 aliphatic rings. The summed E-state index contributed by atoms with van der Waals surface area (Å²) < 4.78 is 21.6. The zero-order valence-corrected chi connectivity index (χ0v) is 10.9. The smallest absolute Gasteiger partial charge is 0.147 e. The minimum absolute atomic E-state index is 0.230. The number of rotatable bonds is 7. The van der Waals surface area contributed by atoms with Crippen LogP contribution in [0.4, 0.5) is 0 Å². The molecule has 0 aliphatic carbocycles. The lowest BCUT2D eigenvalue weighted by molar-refractivity contribution is 0.531. The van der Waals surface area contributed by atoms with Crippen LogP contribution in [0.5, 0.6) is 0 Å². The summed E-state index contributed by atoms with van der Waals surface area (Å²) in [6, 6.07) is 0. The summed E-state index contributed by atoms with van der Waals surface area (Å²) in [4.78, 5) is 0. The van der Waals surface area contributed by atoms with Crippen molar-refractivity contribution >= 4 is 21.4 Å². The van der Waals surface area contributed by atoms with Crippen molar-refractivity contribution in [3.63, 3.8) is 0 Å². The molecule has 1 atom stereocenters. The van der Waals surface area contributed by atoms with Crippen molar-refractivity contribution < 1.29 is 8.42 Å². The Morgan fingerprint density at radius 3 is 2.14 bits per heavy atom. The number of halogens is 1. The molecule has 0 aliphatic heterocycles. The van der Waals surface area contributed by atoms with E-state index in [9.17, 15) is 8.42 Å². The molecule has 86 valence electrons. The average molecular weight is 241 g/mol. The van der Waals surface area contributed by atoms with Crippen LogP contribution in [0.3, 0.4) is 0 Å². The molecule has 0 aromatic heterocycles. The van der Waals surface area contributed by atoms with Crippen LogP contribution in [0.25, 0.3) is 0 Å². The Kier molecular flexibility index (Phi) is 6.79. The molecule has 0 saturated carbocycles. The third-order valence-electron chi connectivity index (χ3n) is 2.22. The molecule has 14 heavy (non-hydrogen) atoms. The summed E-state index contributed by atoms with van der Waals surface area (Å²) in [5, 5.41) is 0.230. The molecule has 0 aromatic carbocycles. The van der Waals surface area contributed by atoms with Crippen molar-refractivity contribution in [3.8, 4) is 0 Å². The van der Waals surface area contributed by atoms with Gasteiger partial charge in [0.2, 0.25) is 0 Å². The lowest BCUT2D eigenvalue weighted by Gasteiger charge is -2.12. The predicted molar refractivity (Wildman–Crippen MR) is 62.7 cm³/mol. The van der Waals surface area contributed by atoms with Gasteiger partial charge in [0, 0.05) is 17.4 Å². The van der Waals surface area contributed by atoms with Crippen molar-refractivity contribution in [1.82, 2.24) is 0 Å². The average Bonchev–Trinajstić information content (AvgIpc) is 2.01. The van der Waals surface area contributed by atoms with E-state index < -0.39 is 9.84 Å². The van der Waals surface area contributed by atoms with Crippen LogP contribution in [-0.4, -0.2) is 25.8 Å². The molecule has 1 unspecified atom stereocenters. The molecule has 2 nitrogen and oxygen atoms in total. The van der Waals surface area contributed by atoms with E-state index in [1.807, 2.05) is 0 Å². The zero-order valence-electron chi connectivity index (χ0n) is 9.29. The summed E-state index contributed by atoms with van der Waals surface area (Å²) in [5.41, 5.74) is 0. The number of hydrogen-bond acceptors (Lipinski definition) is 2. The largest absolute Gasteiger partial charge is 0.229 e. The number of sulfone groups is 1. The Labute approximate surface area is 93.0 Å². The van der Waals surface area contributed by atoms with E-state index in [0.29, 0.717) is 11.7 Å². The van der Waals surface area contributed by atoms with Crippen LogP contribution < -0.4 is 0 Å². The fourth-order valence-electron chi connectivity index (χ4n) is 1.21. The summed E-state index contributed by atoms with van der Waals surface area (Å²) in [5.74, 6) is 0.813. The lowest BCUT2D eigenvalue weighted by atomic mass is 10.0. The molecule has 0 rings (SSSR count). The van der Waals surface area contributed by atoms with E-state index in [0.717, 1.165) is 25.7 Å². The van der Waals surface area contributed by atoms with Gasteiger partial charge in [-0.25, -0.2) is 8.42 Å². The van der Waals surface area contributed by atoms with Gasteiger partial charge in [0.05, 0.1) is 0 Å². The minimum Gasteiger partial charge on any atom is -0.229 e. The molecule has 0 radical (unpaired) electrons. The Morgan fingerprint density at radius 2 is 1.71 bits per heavy atom. The molecule has 0 heterocycles. The van der Waals surface area contributed by atoms with Crippen molar-refractivity contribution in [2.24, 2.45) is 5.92 Å². The van der Waals surface area contributed by atoms with E-state index in [4.69, 9.17) is 11.6 Å². The van der Waals surface area contributed by atoms with Gasteiger partial charge in [-0.05, 0) is 18.8 Å². The fourth-order valence-corrected chi connectivity index (χ4v) is 2.10. The molecule has 0 saturated heterocycles. The van der Waals surface area contributed by atoms with Crippen LogP contribution in [0.1, 0.15) is 39.5 Å². The number of unbranched alkanes of at least 4 members (excludes halogenated alkanes) is 2. The van der Waals surface area contributed by atoms with E-state index in [2.05, 4.69) is 13.8 Å². The highest BCUT2D eigenvalue weighted by Gasteiger charge is 2.08. The van der Waals surface area contributed by atoms with Crippen LogP contribution in [-0.2, 0) is 9.84 Å². The van der Waals surface area contributed by atoms with Gasteiger partial charge < -0.3 is 0 Å². The van der Waals surface area contributed by atoms with Crippen molar-refractivity contribution in [3.05, 3.63) is 0 Å². The maximum Gasteiger partial charge on any atom is 0.147 e. The minimum atomic E-state index is -2.77. The Hall–Kier alpha value is 0.240. The Bertz CT molecular complexity index is 235. The maximum absolute atomic E-state index is 10.8. The fraction of sp³-hybridized carbons (Fsp3) is 1.00. The summed E-state index contributed by atoms with van der Waals surface area (Å²) in [6.45, 7) is 4.21. The molecule has 0 amide bonds. The third kappa shape index (κ3) is 8.82. The predicted octanol–water partition coefficient (Wildman–Crippen LogP) is 2.85. The summed E-state index contributed by atoms with van der Waals surface area (Å²) in [6.07, 6.45) is 5.03. The molecular weight excluding hydrogens is 220 g/mol. The normalized spacial score (nSPS) is 14.6. The highest BCUT2D eigenvalue weighted by molar-refractivity contribution is 7.90. The van der Waals surface area contributed by atoms with Gasteiger partial charge in [0.15, 0.2) is 0 Å². The van der Waals surface area contributed by atoms with E-state index in [1.54, 1.807) is 0 Å². The van der Waals surface area contributed by atoms with E-state index in [-0.39, 0.29) is 5.38 Å². The monoisotopic (exact) mass is 240 g/mol. The molecule has 0 spiro atoms. The first-order valence-electron chi connectivity index (χ1n) is 5.14. The van der Waals surface area contributed by atoms with Gasteiger partial charge in [0.1, 0.15) is 9.84 Å². The second kappa shape index (κ2) is 6.67. The Morgan fingerprint density at radius 1 is 1.14 bits per heavy atom. The second-order valence-corrected chi connectivity index (χ2v) is 7.06. The van der Waals surface area contributed by atoms with Crippen LogP contribution in [0, 0.1) is 5.92 Å². The molecule has 0 N–H and O–H groups in total. The van der Waals surface area contributed by atoms with Crippen LogP contribution >= 0.6 is 11.6 Å². The molecule has 4 heteroatoms. The third-order valence-corrected chi connectivity index (χ3v) is 3.97. The highest BCUT2D eigenvalue weighted by Crippen LogP contribution is 2.17. The Balaban J connectivity index is 3.39. The zero-order chi connectivity index (χ0) is 11.2. The quantitative estimate of drug-likeness (QED) is 0.507. The van der Waals surface area contributed by atoms with Gasteiger partial charge >= 0.3 is 0 Å². The van der Waals surface area contributed by atoms with Gasteiger partial charge in [-0.2, -0.15) is 0 Å². The highest BCUT2D eigenvalue weighted by atomic mass is 35.5. The molecule has 0 aromatic rings. The van der Waals surface area contributed by atoms with Gasteiger partial charge in [0.25, 0.3) is 0 Å². The van der Waals surface area contributed by atoms with E-state index in [1.165, 1.54) is 6.26 Å².